The van der Waals surface area contributed by atoms with Gasteiger partial charge in [0.1, 0.15) is 18.5 Å². The molecule has 0 fully saturated rings. The van der Waals surface area contributed by atoms with E-state index in [9.17, 15) is 5.11 Å². The van der Waals surface area contributed by atoms with Gasteiger partial charge < -0.3 is 9.84 Å². The van der Waals surface area contributed by atoms with Crippen molar-refractivity contribution in [3.05, 3.63) is 77.9 Å². The van der Waals surface area contributed by atoms with Gasteiger partial charge in [-0.3, -0.25) is 4.90 Å². The van der Waals surface area contributed by atoms with Gasteiger partial charge in [0, 0.05) is 18.5 Å². The Morgan fingerprint density at radius 3 is 2.38 bits per heavy atom. The number of nitrogens with zero attached hydrogens (tertiary/aromatic N) is 1. The quantitative estimate of drug-likeness (QED) is 0.659. The Morgan fingerprint density at radius 1 is 0.923 bits per heavy atom. The maximum atomic E-state index is 10.3. The minimum Gasteiger partial charge on any atom is -0.490 e. The molecule has 3 nitrogen and oxygen atoms in total. The van der Waals surface area contributed by atoms with E-state index in [0.717, 1.165) is 29.5 Å². The van der Waals surface area contributed by atoms with Crippen LogP contribution in [0.5, 0.6) is 5.75 Å². The summed E-state index contributed by atoms with van der Waals surface area (Å²) in [4.78, 5) is 2.12. The van der Waals surface area contributed by atoms with Gasteiger partial charge in [0.2, 0.25) is 0 Å². The minimum absolute atomic E-state index is 0.285. The molecule has 1 atom stereocenters. The van der Waals surface area contributed by atoms with Crippen LogP contribution < -0.4 is 4.74 Å². The molecule has 0 spiro atoms. The number of fused-ring (bicyclic) bond motifs is 1. The van der Waals surface area contributed by atoms with Crippen molar-refractivity contribution in [3.63, 3.8) is 0 Å². The molecule has 0 aliphatic rings. The van der Waals surface area contributed by atoms with E-state index >= 15 is 0 Å². The molecule has 3 aromatic carbocycles. The molecule has 3 heteroatoms. The van der Waals surface area contributed by atoms with E-state index in [0.29, 0.717) is 6.54 Å². The van der Waals surface area contributed by atoms with Crippen LogP contribution in [0.2, 0.25) is 0 Å². The van der Waals surface area contributed by atoms with Crippen molar-refractivity contribution in [1.29, 1.82) is 0 Å². The van der Waals surface area contributed by atoms with Crippen molar-refractivity contribution in [1.82, 2.24) is 4.90 Å². The highest BCUT2D eigenvalue weighted by Gasteiger charge is 2.11. The van der Waals surface area contributed by atoms with E-state index in [2.05, 4.69) is 48.2 Å². The Bertz CT molecular complexity index is 824. The smallest absolute Gasteiger partial charge is 0.127 e. The first-order valence-electron chi connectivity index (χ1n) is 9.20. The number of ether oxygens (including phenoxy) is 1. The van der Waals surface area contributed by atoms with E-state index in [1.165, 1.54) is 11.1 Å². The topological polar surface area (TPSA) is 32.7 Å². The summed E-state index contributed by atoms with van der Waals surface area (Å²) >= 11 is 0. The Labute approximate surface area is 155 Å². The number of benzene rings is 3. The molecule has 1 N–H and O–H groups in total. The van der Waals surface area contributed by atoms with E-state index in [4.69, 9.17) is 4.74 Å². The average molecular weight is 349 g/mol. The average Bonchev–Trinajstić information content (AvgIpc) is 2.67. The number of likely N-dealkylation sites (N-methyl/N-ethyl adjacent to an activating group) is 1. The molecule has 0 aliphatic carbocycles. The highest BCUT2D eigenvalue weighted by Crippen LogP contribution is 2.25. The molecule has 3 aromatic rings. The lowest BCUT2D eigenvalue weighted by Crippen LogP contribution is -2.32. The van der Waals surface area contributed by atoms with Crippen molar-refractivity contribution in [2.24, 2.45) is 0 Å². The first kappa shape index (κ1) is 18.4. The molecule has 0 saturated carbocycles. The van der Waals surface area contributed by atoms with Gasteiger partial charge in [0.15, 0.2) is 0 Å². The molecule has 26 heavy (non-hydrogen) atoms. The van der Waals surface area contributed by atoms with E-state index in [-0.39, 0.29) is 6.61 Å². The van der Waals surface area contributed by atoms with Gasteiger partial charge >= 0.3 is 0 Å². The zero-order valence-corrected chi connectivity index (χ0v) is 15.6. The first-order valence-corrected chi connectivity index (χ1v) is 9.20. The van der Waals surface area contributed by atoms with Gasteiger partial charge in [-0.25, -0.2) is 0 Å². The minimum atomic E-state index is -0.533. The van der Waals surface area contributed by atoms with Crippen molar-refractivity contribution >= 4 is 10.8 Å². The number of aryl methyl sites for hydroxylation is 1. The summed E-state index contributed by atoms with van der Waals surface area (Å²) in [5.41, 5.74) is 2.60. The normalized spacial score (nSPS) is 12.5. The number of rotatable bonds is 8. The Kier molecular flexibility index (Phi) is 6.26. The summed E-state index contributed by atoms with van der Waals surface area (Å²) in [5.74, 6) is 0.819. The van der Waals surface area contributed by atoms with E-state index in [1.54, 1.807) is 0 Å². The van der Waals surface area contributed by atoms with Crippen LogP contribution in [0.1, 0.15) is 18.1 Å². The molecular weight excluding hydrogens is 322 g/mol. The molecule has 0 radical (unpaired) electrons. The fraction of sp³-hybridized carbons (Fsp3) is 0.304. The highest BCUT2D eigenvalue weighted by molar-refractivity contribution is 5.88. The molecule has 0 unspecified atom stereocenters. The molecular formula is C23H27NO2. The second kappa shape index (κ2) is 8.84. The van der Waals surface area contributed by atoms with Crippen molar-refractivity contribution in [3.8, 4) is 5.75 Å². The van der Waals surface area contributed by atoms with Gasteiger partial charge in [0.05, 0.1) is 0 Å². The largest absolute Gasteiger partial charge is 0.490 e. The Balaban J connectivity index is 1.52. The maximum Gasteiger partial charge on any atom is 0.127 e. The molecule has 0 amide bonds. The lowest BCUT2D eigenvalue weighted by molar-refractivity contribution is 0.0750. The van der Waals surface area contributed by atoms with Crippen molar-refractivity contribution in [2.45, 2.75) is 26.0 Å². The van der Waals surface area contributed by atoms with Gasteiger partial charge in [-0.15, -0.1) is 0 Å². The Hall–Kier alpha value is -2.36. The van der Waals surface area contributed by atoms with Crippen LogP contribution in [-0.4, -0.2) is 36.3 Å². The fourth-order valence-corrected chi connectivity index (χ4v) is 3.18. The summed E-state index contributed by atoms with van der Waals surface area (Å²) in [6, 6.07) is 22.8. The highest BCUT2D eigenvalue weighted by atomic mass is 16.5. The number of aliphatic hydroxyl groups excluding tert-OH is 1. The van der Waals surface area contributed by atoms with Crippen LogP contribution in [0.15, 0.2) is 66.7 Å². The van der Waals surface area contributed by atoms with E-state index in [1.807, 2.05) is 37.4 Å². The first-order chi connectivity index (χ1) is 12.7. The van der Waals surface area contributed by atoms with Crippen LogP contribution in [-0.2, 0) is 13.0 Å². The van der Waals surface area contributed by atoms with Gasteiger partial charge in [-0.2, -0.15) is 0 Å². The van der Waals surface area contributed by atoms with Gasteiger partial charge in [-0.1, -0.05) is 67.6 Å². The predicted octanol–water partition coefficient (Wildman–Crippen LogP) is 4.27. The monoisotopic (exact) mass is 349 g/mol. The molecule has 0 saturated heterocycles. The summed E-state index contributed by atoms with van der Waals surface area (Å²) < 4.78 is 5.89. The Morgan fingerprint density at radius 2 is 1.62 bits per heavy atom. The zero-order valence-electron chi connectivity index (χ0n) is 15.6. The number of aliphatic hydroxyl groups is 1. The molecule has 0 aromatic heterocycles. The van der Waals surface area contributed by atoms with Crippen LogP contribution in [0.25, 0.3) is 10.8 Å². The molecule has 136 valence electrons. The summed E-state index contributed by atoms with van der Waals surface area (Å²) in [6.45, 7) is 3.83. The predicted molar refractivity (Wildman–Crippen MR) is 108 cm³/mol. The van der Waals surface area contributed by atoms with Gasteiger partial charge in [-0.05, 0) is 36.0 Å². The maximum absolute atomic E-state index is 10.3. The zero-order chi connectivity index (χ0) is 18.4. The fourth-order valence-electron chi connectivity index (χ4n) is 3.18. The molecule has 0 heterocycles. The van der Waals surface area contributed by atoms with Crippen LogP contribution in [0.4, 0.5) is 0 Å². The molecule has 0 bridgehead atoms. The third kappa shape index (κ3) is 4.84. The third-order valence-corrected chi connectivity index (χ3v) is 4.59. The summed E-state index contributed by atoms with van der Waals surface area (Å²) in [6.07, 6.45) is 0.522. The summed E-state index contributed by atoms with van der Waals surface area (Å²) in [5, 5.41) is 12.6. The van der Waals surface area contributed by atoms with E-state index < -0.39 is 6.10 Å². The second-order valence-electron chi connectivity index (χ2n) is 6.81. The van der Waals surface area contributed by atoms with Crippen molar-refractivity contribution in [2.75, 3.05) is 20.2 Å². The van der Waals surface area contributed by atoms with Crippen LogP contribution >= 0.6 is 0 Å². The molecule has 0 aliphatic heterocycles. The lowest BCUT2D eigenvalue weighted by Gasteiger charge is -2.21. The summed E-state index contributed by atoms with van der Waals surface area (Å²) in [7, 11) is 2.02. The van der Waals surface area contributed by atoms with Crippen LogP contribution in [0.3, 0.4) is 0 Å². The van der Waals surface area contributed by atoms with Crippen molar-refractivity contribution < 1.29 is 9.84 Å². The molecule has 3 rings (SSSR count). The number of hydrogen-bond donors (Lipinski definition) is 1. The second-order valence-corrected chi connectivity index (χ2v) is 6.81. The van der Waals surface area contributed by atoms with Gasteiger partial charge in [0.25, 0.3) is 0 Å². The third-order valence-electron chi connectivity index (χ3n) is 4.59. The van der Waals surface area contributed by atoms with Crippen LogP contribution in [0, 0.1) is 0 Å². The standard InChI is InChI=1S/C23H27NO2/c1-3-18-11-13-19(14-12-18)15-24(2)16-21(25)17-26-23-10-6-8-20-7-4-5-9-22(20)23/h4-14,21,25H,3,15-17H2,1-2H3/t21-/m0/s1. The SMILES string of the molecule is CCc1ccc(CN(C)C[C@H](O)COc2cccc3ccccc23)cc1. The number of hydrogen-bond acceptors (Lipinski definition) is 3. The lowest BCUT2D eigenvalue weighted by atomic mass is 10.1.